The van der Waals surface area contributed by atoms with Crippen LogP contribution in [-0.2, 0) is 6.18 Å². The Bertz CT molecular complexity index is 710. The monoisotopic (exact) mass is 364 g/mol. The van der Waals surface area contributed by atoms with Crippen LogP contribution in [0.1, 0.15) is 17.7 Å². The Morgan fingerprint density at radius 1 is 1.17 bits per heavy atom. The number of nitrogens with zero attached hydrogens (tertiary/aromatic N) is 2. The Kier molecular flexibility index (Phi) is 4.62. The number of aromatic nitrogens is 1. The van der Waals surface area contributed by atoms with Gasteiger partial charge in [-0.05, 0) is 12.1 Å². The molecule has 1 aromatic carbocycles. The zero-order valence-electron chi connectivity index (χ0n) is 12.3. The van der Waals surface area contributed by atoms with Gasteiger partial charge in [0, 0.05) is 32.0 Å². The number of anilines is 1. The second-order valence-electron chi connectivity index (χ2n) is 5.38. The fraction of sp³-hybridized carbons (Fsp3) is 0.400. The van der Waals surface area contributed by atoms with Gasteiger partial charge in [0.15, 0.2) is 16.7 Å². The Morgan fingerprint density at radius 3 is 2.46 bits per heavy atom. The van der Waals surface area contributed by atoms with E-state index >= 15 is 0 Å². The lowest BCUT2D eigenvalue weighted by Gasteiger charge is -2.32. The molecule has 2 heterocycles. The van der Waals surface area contributed by atoms with Crippen LogP contribution in [0.4, 0.5) is 27.1 Å². The van der Waals surface area contributed by atoms with Gasteiger partial charge in [-0.25, -0.2) is 13.8 Å². The first-order valence-corrected chi connectivity index (χ1v) is 8.04. The van der Waals surface area contributed by atoms with Crippen LogP contribution in [0.5, 0.6) is 5.75 Å². The molecule has 2 aromatic rings. The zero-order chi connectivity index (χ0) is 17.3. The van der Waals surface area contributed by atoms with Gasteiger partial charge in [0.1, 0.15) is 16.8 Å². The first-order valence-electron chi connectivity index (χ1n) is 7.22. The maximum absolute atomic E-state index is 13.6. The van der Waals surface area contributed by atoms with Gasteiger partial charge < -0.3 is 9.64 Å². The van der Waals surface area contributed by atoms with Crippen LogP contribution in [0.3, 0.4) is 0 Å². The van der Waals surface area contributed by atoms with E-state index in [9.17, 15) is 22.0 Å². The average molecular weight is 364 g/mol. The summed E-state index contributed by atoms with van der Waals surface area (Å²) in [4.78, 5) is 4.84. The molecule has 0 atom stereocenters. The lowest BCUT2D eigenvalue weighted by atomic mass is 10.1. The van der Waals surface area contributed by atoms with Crippen LogP contribution >= 0.6 is 11.3 Å². The molecule has 24 heavy (non-hydrogen) atoms. The van der Waals surface area contributed by atoms with E-state index in [-0.39, 0.29) is 11.9 Å². The molecule has 1 aromatic heterocycles. The Hall–Kier alpha value is -1.90. The van der Waals surface area contributed by atoms with Gasteiger partial charge in [0.25, 0.3) is 0 Å². The van der Waals surface area contributed by atoms with Crippen molar-refractivity contribution in [3.8, 4) is 5.75 Å². The van der Waals surface area contributed by atoms with Crippen molar-refractivity contribution in [2.45, 2.75) is 25.1 Å². The zero-order valence-corrected chi connectivity index (χ0v) is 13.1. The highest BCUT2D eigenvalue weighted by Crippen LogP contribution is 2.37. The summed E-state index contributed by atoms with van der Waals surface area (Å²) in [5, 5.41) is 0.314. The van der Waals surface area contributed by atoms with Gasteiger partial charge in [0.05, 0.1) is 6.20 Å². The van der Waals surface area contributed by atoms with Crippen molar-refractivity contribution in [1.82, 2.24) is 4.98 Å². The number of ether oxygens (including phenoxy) is 1. The predicted molar refractivity (Wildman–Crippen MR) is 79.3 cm³/mol. The molecule has 0 bridgehead atoms. The largest absolute Gasteiger partial charge is 0.487 e. The summed E-state index contributed by atoms with van der Waals surface area (Å²) >= 11 is 0.603. The molecule has 1 fully saturated rings. The number of alkyl halides is 3. The lowest BCUT2D eigenvalue weighted by Crippen LogP contribution is -2.38. The number of rotatable bonds is 3. The SMILES string of the molecule is Fc1ccc(OC2CCN(c3ncc(C(F)(F)F)s3)CC2)c(F)c1. The first-order chi connectivity index (χ1) is 11.3. The van der Waals surface area contributed by atoms with Gasteiger partial charge in [-0.15, -0.1) is 0 Å². The first kappa shape index (κ1) is 16.9. The van der Waals surface area contributed by atoms with Gasteiger partial charge >= 0.3 is 6.18 Å². The fourth-order valence-electron chi connectivity index (χ4n) is 2.46. The minimum absolute atomic E-state index is 0.0246. The number of halogens is 5. The summed E-state index contributed by atoms with van der Waals surface area (Å²) in [6.45, 7) is 0.913. The lowest BCUT2D eigenvalue weighted by molar-refractivity contribution is -0.134. The molecule has 1 saturated heterocycles. The van der Waals surface area contributed by atoms with Crippen molar-refractivity contribution in [3.63, 3.8) is 0 Å². The molecule has 0 unspecified atom stereocenters. The summed E-state index contributed by atoms with van der Waals surface area (Å²) in [5.41, 5.74) is 0. The summed E-state index contributed by atoms with van der Waals surface area (Å²) in [7, 11) is 0. The molecule has 0 radical (unpaired) electrons. The maximum atomic E-state index is 13.6. The standard InChI is InChI=1S/C15H13F5N2OS/c16-9-1-2-12(11(17)7-9)23-10-3-5-22(6-4-10)14-21-8-13(24-14)15(18,19)20/h1-2,7-8,10H,3-6H2. The highest BCUT2D eigenvalue weighted by molar-refractivity contribution is 7.15. The molecule has 130 valence electrons. The third-order valence-corrected chi connectivity index (χ3v) is 4.78. The molecule has 3 nitrogen and oxygen atoms in total. The Balaban J connectivity index is 1.58. The van der Waals surface area contributed by atoms with Crippen molar-refractivity contribution in [1.29, 1.82) is 0 Å². The van der Waals surface area contributed by atoms with Gasteiger partial charge in [-0.3, -0.25) is 0 Å². The fourth-order valence-corrected chi connectivity index (χ4v) is 3.29. The third-order valence-electron chi connectivity index (χ3n) is 3.67. The van der Waals surface area contributed by atoms with E-state index in [1.165, 1.54) is 6.07 Å². The Morgan fingerprint density at radius 2 is 1.88 bits per heavy atom. The van der Waals surface area contributed by atoms with E-state index in [1.54, 1.807) is 4.90 Å². The molecule has 0 amide bonds. The molecule has 0 saturated carbocycles. The number of benzene rings is 1. The number of hydrogen-bond donors (Lipinski definition) is 0. The van der Waals surface area contributed by atoms with E-state index < -0.39 is 22.7 Å². The molecule has 1 aliphatic rings. The molecule has 0 aliphatic carbocycles. The highest BCUT2D eigenvalue weighted by Gasteiger charge is 2.34. The van der Waals surface area contributed by atoms with E-state index in [4.69, 9.17) is 4.74 Å². The maximum Gasteiger partial charge on any atom is 0.427 e. The normalized spacial score (nSPS) is 16.5. The van der Waals surface area contributed by atoms with Gasteiger partial charge in [-0.1, -0.05) is 11.3 Å². The molecular weight excluding hydrogens is 351 g/mol. The van der Waals surface area contributed by atoms with Crippen LogP contribution < -0.4 is 9.64 Å². The molecule has 0 N–H and O–H groups in total. The molecule has 3 rings (SSSR count). The molecular formula is C15H13F5N2OS. The van der Waals surface area contributed by atoms with Crippen molar-refractivity contribution < 1.29 is 26.7 Å². The van der Waals surface area contributed by atoms with E-state index in [0.717, 1.165) is 18.3 Å². The minimum Gasteiger partial charge on any atom is -0.487 e. The summed E-state index contributed by atoms with van der Waals surface area (Å²) in [6, 6.07) is 3.09. The molecule has 0 spiro atoms. The summed E-state index contributed by atoms with van der Waals surface area (Å²) in [6.07, 6.45) is -2.81. The predicted octanol–water partition coefficient (Wildman–Crippen LogP) is 4.49. The van der Waals surface area contributed by atoms with Crippen molar-refractivity contribution in [2.75, 3.05) is 18.0 Å². The van der Waals surface area contributed by atoms with Crippen LogP contribution in [0.25, 0.3) is 0 Å². The second kappa shape index (κ2) is 6.54. The molecule has 1 aliphatic heterocycles. The summed E-state index contributed by atoms with van der Waals surface area (Å²) < 4.78 is 69.8. The van der Waals surface area contributed by atoms with E-state index in [2.05, 4.69) is 4.98 Å². The topological polar surface area (TPSA) is 25.4 Å². The van der Waals surface area contributed by atoms with Crippen molar-refractivity contribution >= 4 is 16.5 Å². The second-order valence-corrected chi connectivity index (χ2v) is 6.39. The van der Waals surface area contributed by atoms with Crippen LogP contribution in [0.15, 0.2) is 24.4 Å². The highest BCUT2D eigenvalue weighted by atomic mass is 32.1. The van der Waals surface area contributed by atoms with Crippen molar-refractivity contribution in [3.05, 3.63) is 40.9 Å². The third kappa shape index (κ3) is 3.77. The quantitative estimate of drug-likeness (QED) is 0.751. The Labute approximate surface area is 138 Å². The van der Waals surface area contributed by atoms with Crippen LogP contribution in [-0.4, -0.2) is 24.2 Å². The van der Waals surface area contributed by atoms with Gasteiger partial charge in [0.2, 0.25) is 0 Å². The van der Waals surface area contributed by atoms with Crippen molar-refractivity contribution in [2.24, 2.45) is 0 Å². The smallest absolute Gasteiger partial charge is 0.427 e. The van der Waals surface area contributed by atoms with Gasteiger partial charge in [-0.2, -0.15) is 13.2 Å². The number of piperidine rings is 1. The van der Waals surface area contributed by atoms with E-state index in [1.807, 2.05) is 0 Å². The molecule has 9 heteroatoms. The summed E-state index contributed by atoms with van der Waals surface area (Å²) in [5.74, 6) is -1.48. The van der Waals surface area contributed by atoms with Crippen LogP contribution in [0, 0.1) is 11.6 Å². The van der Waals surface area contributed by atoms with E-state index in [0.29, 0.717) is 42.4 Å². The number of hydrogen-bond acceptors (Lipinski definition) is 4. The number of thiazole rings is 1. The average Bonchev–Trinajstić information content (AvgIpc) is 3.01. The van der Waals surface area contributed by atoms with Crippen LogP contribution in [0.2, 0.25) is 0 Å². The minimum atomic E-state index is -4.39.